The summed E-state index contributed by atoms with van der Waals surface area (Å²) in [5.74, 6) is 1.20. The molecule has 0 saturated heterocycles. The van der Waals surface area contributed by atoms with Gasteiger partial charge in [-0.15, -0.1) is 0 Å². The Bertz CT molecular complexity index is 511. The molecule has 3 nitrogen and oxygen atoms in total. The maximum absolute atomic E-state index is 10.8. The zero-order valence-electron chi connectivity index (χ0n) is 11.6. The van der Waals surface area contributed by atoms with E-state index in [4.69, 9.17) is 15.4 Å². The fourth-order valence-corrected chi connectivity index (χ4v) is 2.69. The monoisotopic (exact) mass is 304 g/mol. The topological polar surface area (TPSA) is 43.4 Å². The van der Waals surface area contributed by atoms with Gasteiger partial charge in [0.1, 0.15) is 5.75 Å². The molecule has 0 bridgehead atoms. The van der Waals surface area contributed by atoms with E-state index in [9.17, 15) is 8.42 Å². The molecule has 0 aliphatic carbocycles. The van der Waals surface area contributed by atoms with Gasteiger partial charge in [0.2, 0.25) is 9.05 Å². The van der Waals surface area contributed by atoms with Crippen LogP contribution in [0.1, 0.15) is 30.9 Å². The highest BCUT2D eigenvalue weighted by Crippen LogP contribution is 2.21. The molecule has 1 rings (SSSR count). The van der Waals surface area contributed by atoms with Crippen LogP contribution in [0.3, 0.4) is 0 Å². The van der Waals surface area contributed by atoms with Gasteiger partial charge in [-0.25, -0.2) is 8.42 Å². The first kappa shape index (κ1) is 16.3. The van der Waals surface area contributed by atoms with Gasteiger partial charge in [0.15, 0.2) is 0 Å². The zero-order chi connectivity index (χ0) is 14.5. The average Bonchev–Trinajstić information content (AvgIpc) is 2.31. The Balaban J connectivity index is 2.36. The SMILES string of the molecule is Cc1cccc(OCCC(C)CCS(=O)(=O)Cl)c1C. The van der Waals surface area contributed by atoms with Crippen molar-refractivity contribution in [3.05, 3.63) is 29.3 Å². The fraction of sp³-hybridized carbons (Fsp3) is 0.571. The Morgan fingerprint density at radius 1 is 1.26 bits per heavy atom. The van der Waals surface area contributed by atoms with Crippen molar-refractivity contribution in [3.8, 4) is 5.75 Å². The van der Waals surface area contributed by atoms with Crippen molar-refractivity contribution in [1.82, 2.24) is 0 Å². The number of aryl methyl sites for hydroxylation is 1. The van der Waals surface area contributed by atoms with Crippen LogP contribution in [-0.4, -0.2) is 20.8 Å². The smallest absolute Gasteiger partial charge is 0.232 e. The van der Waals surface area contributed by atoms with E-state index in [0.29, 0.717) is 13.0 Å². The van der Waals surface area contributed by atoms with E-state index in [1.807, 2.05) is 26.0 Å². The van der Waals surface area contributed by atoms with Crippen molar-refractivity contribution in [3.63, 3.8) is 0 Å². The highest BCUT2D eigenvalue weighted by molar-refractivity contribution is 8.13. The molecule has 0 N–H and O–H groups in total. The summed E-state index contributed by atoms with van der Waals surface area (Å²) in [4.78, 5) is 0. The lowest BCUT2D eigenvalue weighted by molar-refractivity contribution is 0.280. The molecule has 1 aromatic rings. The molecule has 5 heteroatoms. The van der Waals surface area contributed by atoms with E-state index in [0.717, 1.165) is 17.7 Å². The Morgan fingerprint density at radius 2 is 1.95 bits per heavy atom. The van der Waals surface area contributed by atoms with Gasteiger partial charge < -0.3 is 4.74 Å². The highest BCUT2D eigenvalue weighted by Gasteiger charge is 2.10. The number of benzene rings is 1. The normalized spacial score (nSPS) is 13.3. The molecule has 0 spiro atoms. The molecular formula is C14H21ClO3S. The molecule has 1 atom stereocenters. The second kappa shape index (κ2) is 7.15. The fourth-order valence-electron chi connectivity index (χ4n) is 1.74. The van der Waals surface area contributed by atoms with Gasteiger partial charge in [0, 0.05) is 10.7 Å². The lowest BCUT2D eigenvalue weighted by Gasteiger charge is -2.13. The summed E-state index contributed by atoms with van der Waals surface area (Å²) < 4.78 is 27.4. The van der Waals surface area contributed by atoms with Crippen molar-refractivity contribution < 1.29 is 13.2 Å². The molecule has 108 valence electrons. The Hall–Kier alpha value is -0.740. The summed E-state index contributed by atoms with van der Waals surface area (Å²) in [7, 11) is 1.81. The van der Waals surface area contributed by atoms with Crippen molar-refractivity contribution >= 4 is 19.7 Å². The zero-order valence-corrected chi connectivity index (χ0v) is 13.2. The van der Waals surface area contributed by atoms with Gasteiger partial charge in [-0.2, -0.15) is 0 Å². The van der Waals surface area contributed by atoms with Gasteiger partial charge >= 0.3 is 0 Å². The predicted octanol–water partition coefficient (Wildman–Crippen LogP) is 3.67. The standard InChI is InChI=1S/C14H21ClO3S/c1-11(8-10-19(15,16)17)7-9-18-14-6-4-5-12(2)13(14)3/h4-6,11H,7-10H2,1-3H3. The Labute approximate surface area is 120 Å². The quantitative estimate of drug-likeness (QED) is 0.722. The van der Waals surface area contributed by atoms with E-state index < -0.39 is 9.05 Å². The molecule has 0 saturated carbocycles. The number of hydrogen-bond acceptors (Lipinski definition) is 3. The van der Waals surface area contributed by atoms with Crippen molar-refractivity contribution in [2.75, 3.05) is 12.4 Å². The number of hydrogen-bond donors (Lipinski definition) is 0. The first-order valence-corrected chi connectivity index (χ1v) is 8.89. The maximum Gasteiger partial charge on any atom is 0.232 e. The Kier molecular flexibility index (Phi) is 6.14. The van der Waals surface area contributed by atoms with Crippen molar-refractivity contribution in [2.24, 2.45) is 5.92 Å². The van der Waals surface area contributed by atoms with E-state index in [-0.39, 0.29) is 11.7 Å². The first-order chi connectivity index (χ1) is 8.79. The van der Waals surface area contributed by atoms with Crippen LogP contribution in [0.15, 0.2) is 18.2 Å². The van der Waals surface area contributed by atoms with Crippen molar-refractivity contribution in [2.45, 2.75) is 33.6 Å². The minimum Gasteiger partial charge on any atom is -0.493 e. The van der Waals surface area contributed by atoms with Gasteiger partial charge in [0.05, 0.1) is 12.4 Å². The highest BCUT2D eigenvalue weighted by atomic mass is 35.7. The largest absolute Gasteiger partial charge is 0.493 e. The third kappa shape index (κ3) is 6.30. The summed E-state index contributed by atoms with van der Waals surface area (Å²) >= 11 is 0. The molecule has 0 aromatic heterocycles. The molecule has 0 aliphatic rings. The molecule has 0 heterocycles. The van der Waals surface area contributed by atoms with E-state index in [1.54, 1.807) is 0 Å². The van der Waals surface area contributed by atoms with Crippen LogP contribution in [0.4, 0.5) is 0 Å². The summed E-state index contributed by atoms with van der Waals surface area (Å²) in [5.41, 5.74) is 2.36. The second-order valence-corrected chi connectivity index (χ2v) is 7.87. The molecule has 1 aromatic carbocycles. The first-order valence-electron chi connectivity index (χ1n) is 6.41. The van der Waals surface area contributed by atoms with Crippen LogP contribution >= 0.6 is 10.7 Å². The van der Waals surface area contributed by atoms with Crippen molar-refractivity contribution in [1.29, 1.82) is 0 Å². The van der Waals surface area contributed by atoms with E-state index in [2.05, 4.69) is 13.0 Å². The van der Waals surface area contributed by atoms with Crippen LogP contribution in [0.25, 0.3) is 0 Å². The molecule has 0 aliphatic heterocycles. The average molecular weight is 305 g/mol. The molecule has 0 fully saturated rings. The molecule has 0 radical (unpaired) electrons. The third-order valence-electron chi connectivity index (χ3n) is 3.28. The van der Waals surface area contributed by atoms with Gasteiger partial charge in [0.25, 0.3) is 0 Å². The lowest BCUT2D eigenvalue weighted by Crippen LogP contribution is -2.09. The predicted molar refractivity (Wildman–Crippen MR) is 79.4 cm³/mol. The van der Waals surface area contributed by atoms with Gasteiger partial charge in [-0.05, 0) is 49.8 Å². The van der Waals surface area contributed by atoms with Crippen LogP contribution in [0.2, 0.25) is 0 Å². The van der Waals surface area contributed by atoms with Crippen LogP contribution in [0, 0.1) is 19.8 Å². The molecule has 0 amide bonds. The minimum absolute atomic E-state index is 0.0270. The summed E-state index contributed by atoms with van der Waals surface area (Å²) in [6.45, 7) is 6.69. The van der Waals surface area contributed by atoms with Gasteiger partial charge in [-0.3, -0.25) is 0 Å². The molecular weight excluding hydrogens is 284 g/mol. The molecule has 1 unspecified atom stereocenters. The maximum atomic E-state index is 10.8. The summed E-state index contributed by atoms with van der Waals surface area (Å²) in [5, 5.41) is 0. The van der Waals surface area contributed by atoms with E-state index in [1.165, 1.54) is 5.56 Å². The lowest BCUT2D eigenvalue weighted by atomic mass is 10.1. The number of ether oxygens (including phenoxy) is 1. The summed E-state index contributed by atoms with van der Waals surface area (Å²) in [6, 6.07) is 5.98. The number of halogens is 1. The third-order valence-corrected chi connectivity index (χ3v) is 4.46. The van der Waals surface area contributed by atoms with Crippen LogP contribution in [-0.2, 0) is 9.05 Å². The second-order valence-electron chi connectivity index (χ2n) is 4.97. The summed E-state index contributed by atoms with van der Waals surface area (Å²) in [6.07, 6.45) is 1.39. The van der Waals surface area contributed by atoms with Gasteiger partial charge in [-0.1, -0.05) is 19.1 Å². The Morgan fingerprint density at radius 3 is 2.58 bits per heavy atom. The van der Waals surface area contributed by atoms with E-state index >= 15 is 0 Å². The molecule has 19 heavy (non-hydrogen) atoms. The minimum atomic E-state index is -3.38. The van der Waals surface area contributed by atoms with Crippen LogP contribution < -0.4 is 4.74 Å². The number of rotatable bonds is 7. The van der Waals surface area contributed by atoms with Crippen LogP contribution in [0.5, 0.6) is 5.75 Å².